The fourth-order valence-corrected chi connectivity index (χ4v) is 6.97. The lowest BCUT2D eigenvalue weighted by Crippen LogP contribution is -2.12. The van der Waals surface area contributed by atoms with Crippen LogP contribution in [0.25, 0.3) is 48.7 Å². The molecule has 0 aromatic heterocycles. The molecule has 7 aromatic rings. The Labute approximate surface area is 244 Å². The average Bonchev–Trinajstić information content (AvgIpc) is 3.45. The van der Waals surface area contributed by atoms with Crippen molar-refractivity contribution in [3.8, 4) is 5.75 Å². The second kappa shape index (κ2) is 9.09. The highest BCUT2D eigenvalue weighted by Crippen LogP contribution is 2.48. The lowest BCUT2D eigenvalue weighted by atomic mass is 9.92. The Balaban J connectivity index is 1.36. The predicted molar refractivity (Wildman–Crippen MR) is 177 cm³/mol. The maximum Gasteiger partial charge on any atom is 0.128 e. The first-order valence-electron chi connectivity index (χ1n) is 14.6. The first-order valence-corrected chi connectivity index (χ1v) is 14.6. The second-order valence-electron chi connectivity index (χ2n) is 11.2. The molecule has 1 aliphatic carbocycles. The molecule has 1 heterocycles. The minimum absolute atomic E-state index is 0.0993. The van der Waals surface area contributed by atoms with Crippen LogP contribution in [0.3, 0.4) is 0 Å². The lowest BCUT2D eigenvalue weighted by Gasteiger charge is -2.28. The van der Waals surface area contributed by atoms with E-state index in [2.05, 4.69) is 151 Å². The molecule has 0 amide bonds. The molecule has 1 unspecified atom stereocenters. The summed E-state index contributed by atoms with van der Waals surface area (Å²) in [5.74, 6) is 0.980. The molecule has 7 aromatic carbocycles. The fourth-order valence-electron chi connectivity index (χ4n) is 6.97. The van der Waals surface area contributed by atoms with Gasteiger partial charge in [-0.25, -0.2) is 0 Å². The van der Waals surface area contributed by atoms with Crippen LogP contribution in [-0.2, 0) is 0 Å². The summed E-state index contributed by atoms with van der Waals surface area (Å²) in [6.45, 7) is 0. The van der Waals surface area contributed by atoms with E-state index in [1.165, 1.54) is 59.9 Å². The summed E-state index contributed by atoms with van der Waals surface area (Å²) in [7, 11) is 0. The van der Waals surface area contributed by atoms with Gasteiger partial charge < -0.3 is 9.64 Å². The summed E-state index contributed by atoms with van der Waals surface area (Å²) in [6, 6.07) is 46.3. The van der Waals surface area contributed by atoms with Crippen molar-refractivity contribution in [2.45, 2.75) is 12.5 Å². The highest BCUT2D eigenvalue weighted by Gasteiger charge is 2.30. The molecule has 2 heteroatoms. The molecule has 2 nitrogen and oxygen atoms in total. The van der Waals surface area contributed by atoms with Gasteiger partial charge in [0, 0.05) is 34.3 Å². The van der Waals surface area contributed by atoms with E-state index in [1.807, 2.05) is 0 Å². The van der Waals surface area contributed by atoms with E-state index in [-0.39, 0.29) is 6.10 Å². The van der Waals surface area contributed by atoms with Crippen molar-refractivity contribution in [1.29, 1.82) is 0 Å². The Kier molecular flexibility index (Phi) is 5.06. The summed E-state index contributed by atoms with van der Waals surface area (Å²) >= 11 is 0. The number of fused-ring (bicyclic) bond motifs is 10. The van der Waals surface area contributed by atoms with E-state index in [0.717, 1.165) is 23.5 Å². The quantitative estimate of drug-likeness (QED) is 0.208. The minimum atomic E-state index is 0.0993. The van der Waals surface area contributed by atoms with Crippen molar-refractivity contribution in [2.75, 3.05) is 4.90 Å². The smallest absolute Gasteiger partial charge is 0.128 e. The van der Waals surface area contributed by atoms with E-state index in [9.17, 15) is 0 Å². The van der Waals surface area contributed by atoms with Crippen LogP contribution in [0.1, 0.15) is 12.0 Å². The maximum absolute atomic E-state index is 6.40. The van der Waals surface area contributed by atoms with Crippen molar-refractivity contribution in [3.63, 3.8) is 0 Å². The fraction of sp³-hybridized carbons (Fsp3) is 0.0500. The Morgan fingerprint density at radius 1 is 0.548 bits per heavy atom. The summed E-state index contributed by atoms with van der Waals surface area (Å²) in [4.78, 5) is 2.42. The van der Waals surface area contributed by atoms with Crippen LogP contribution < -0.4 is 9.64 Å². The molecular weight excluding hydrogens is 510 g/mol. The standard InChI is InChI=1S/C40H27NO/c1-2-11-28(12-3-1)41(29-21-18-27-20-23-39-40(35(27)24-29)34-16-8-9-17-38(34)42-39)37-25-36-30-13-5-4-10-26(30)19-22-32(36)31-14-6-7-15-33(31)37/h1-16,18-25,38H,17H2. The number of nitrogens with zero attached hydrogens (tertiary/aromatic N) is 1. The largest absolute Gasteiger partial charge is 0.485 e. The van der Waals surface area contributed by atoms with E-state index in [4.69, 9.17) is 4.74 Å². The van der Waals surface area contributed by atoms with E-state index >= 15 is 0 Å². The van der Waals surface area contributed by atoms with Crippen molar-refractivity contribution < 1.29 is 4.74 Å². The summed E-state index contributed by atoms with van der Waals surface area (Å²) in [5.41, 5.74) is 5.93. The van der Waals surface area contributed by atoms with Crippen molar-refractivity contribution in [1.82, 2.24) is 0 Å². The first-order chi connectivity index (χ1) is 20.8. The summed E-state index contributed by atoms with van der Waals surface area (Å²) < 4.78 is 6.40. The van der Waals surface area contributed by atoms with Crippen LogP contribution in [0.2, 0.25) is 0 Å². The van der Waals surface area contributed by atoms with Gasteiger partial charge in [-0.05, 0) is 74.1 Å². The van der Waals surface area contributed by atoms with Gasteiger partial charge >= 0.3 is 0 Å². The highest BCUT2D eigenvalue weighted by atomic mass is 16.5. The zero-order valence-corrected chi connectivity index (χ0v) is 23.0. The molecule has 0 saturated carbocycles. The molecule has 1 aliphatic heterocycles. The molecule has 0 fully saturated rings. The number of para-hydroxylation sites is 1. The molecule has 42 heavy (non-hydrogen) atoms. The number of rotatable bonds is 3. The molecule has 0 spiro atoms. The number of ether oxygens (including phenoxy) is 1. The van der Waals surface area contributed by atoms with Crippen LogP contribution >= 0.6 is 0 Å². The number of hydrogen-bond donors (Lipinski definition) is 0. The van der Waals surface area contributed by atoms with Gasteiger partial charge in [0.05, 0.1) is 5.69 Å². The number of hydrogen-bond acceptors (Lipinski definition) is 2. The lowest BCUT2D eigenvalue weighted by molar-refractivity contribution is 0.279. The van der Waals surface area contributed by atoms with Crippen LogP contribution in [0, 0.1) is 0 Å². The van der Waals surface area contributed by atoms with Gasteiger partial charge in [0.2, 0.25) is 0 Å². The second-order valence-corrected chi connectivity index (χ2v) is 11.2. The van der Waals surface area contributed by atoms with Crippen LogP contribution in [0.4, 0.5) is 17.1 Å². The third kappa shape index (κ3) is 3.45. The van der Waals surface area contributed by atoms with E-state index in [0.29, 0.717) is 0 Å². The Bertz CT molecular complexity index is 2260. The third-order valence-corrected chi connectivity index (χ3v) is 8.89. The molecular formula is C40H27NO. The van der Waals surface area contributed by atoms with Crippen molar-refractivity contribution in [2.24, 2.45) is 0 Å². The molecule has 0 N–H and O–H groups in total. The normalized spacial score (nSPS) is 15.5. The van der Waals surface area contributed by atoms with Crippen LogP contribution in [-0.4, -0.2) is 6.10 Å². The highest BCUT2D eigenvalue weighted by molar-refractivity contribution is 6.21. The van der Waals surface area contributed by atoms with E-state index < -0.39 is 0 Å². The van der Waals surface area contributed by atoms with Gasteiger partial charge in [0.1, 0.15) is 11.9 Å². The summed E-state index contributed by atoms with van der Waals surface area (Å²) in [6.07, 6.45) is 7.59. The zero-order chi connectivity index (χ0) is 27.6. The van der Waals surface area contributed by atoms with Gasteiger partial charge in [-0.2, -0.15) is 0 Å². The molecule has 0 radical (unpaired) electrons. The van der Waals surface area contributed by atoms with Crippen LogP contribution in [0.15, 0.2) is 146 Å². The third-order valence-electron chi connectivity index (χ3n) is 8.89. The number of benzene rings is 7. The molecule has 1 atom stereocenters. The summed E-state index contributed by atoms with van der Waals surface area (Å²) in [5, 5.41) is 10.00. The van der Waals surface area contributed by atoms with Crippen molar-refractivity contribution >= 4 is 65.7 Å². The van der Waals surface area contributed by atoms with Gasteiger partial charge in [0.15, 0.2) is 0 Å². The molecule has 0 bridgehead atoms. The van der Waals surface area contributed by atoms with Crippen LogP contribution in [0.5, 0.6) is 5.75 Å². The molecule has 9 rings (SSSR count). The Hall–Kier alpha value is -5.34. The molecule has 0 saturated heterocycles. The topological polar surface area (TPSA) is 12.5 Å². The first kappa shape index (κ1) is 23.4. The SMILES string of the molecule is C1=CCC2Oc3ccc4ccc(N(c5ccccc5)c5cc6c7ccccc7ccc6c6ccccc56)cc4c3C2=C1. The number of allylic oxidation sites excluding steroid dienone is 2. The maximum atomic E-state index is 6.40. The average molecular weight is 538 g/mol. The van der Waals surface area contributed by atoms with Gasteiger partial charge in [-0.3, -0.25) is 0 Å². The predicted octanol–water partition coefficient (Wildman–Crippen LogP) is 10.9. The van der Waals surface area contributed by atoms with E-state index in [1.54, 1.807) is 0 Å². The van der Waals surface area contributed by atoms with Gasteiger partial charge in [-0.1, -0.05) is 109 Å². The zero-order valence-electron chi connectivity index (χ0n) is 23.0. The Morgan fingerprint density at radius 2 is 1.26 bits per heavy atom. The van der Waals surface area contributed by atoms with Crippen molar-refractivity contribution in [3.05, 3.63) is 151 Å². The molecule has 198 valence electrons. The number of anilines is 3. The minimum Gasteiger partial charge on any atom is -0.485 e. The Morgan fingerprint density at radius 3 is 2.17 bits per heavy atom. The van der Waals surface area contributed by atoms with Gasteiger partial charge in [0.25, 0.3) is 0 Å². The van der Waals surface area contributed by atoms with Gasteiger partial charge in [-0.15, -0.1) is 0 Å². The molecule has 2 aliphatic rings. The monoisotopic (exact) mass is 537 g/mol.